The predicted molar refractivity (Wildman–Crippen MR) is 118 cm³/mol. The van der Waals surface area contributed by atoms with Gasteiger partial charge in [-0.3, -0.25) is 14.9 Å². The van der Waals surface area contributed by atoms with Crippen LogP contribution in [0.3, 0.4) is 0 Å². The van der Waals surface area contributed by atoms with E-state index in [0.717, 1.165) is 5.56 Å². The number of carbonyl (C=O) groups is 1. The van der Waals surface area contributed by atoms with E-state index in [0.29, 0.717) is 28.4 Å². The molecule has 0 radical (unpaired) electrons. The summed E-state index contributed by atoms with van der Waals surface area (Å²) in [7, 11) is 0. The second-order valence-electron chi connectivity index (χ2n) is 8.18. The van der Waals surface area contributed by atoms with E-state index in [-0.39, 0.29) is 17.0 Å². The third-order valence-electron chi connectivity index (χ3n) is 4.86. The van der Waals surface area contributed by atoms with Crippen LogP contribution >= 0.6 is 0 Å². The van der Waals surface area contributed by atoms with Crippen LogP contribution in [0.1, 0.15) is 55.0 Å². The second kappa shape index (κ2) is 8.47. The molecule has 0 aliphatic carbocycles. The number of nitro benzene ring substituents is 1. The van der Waals surface area contributed by atoms with E-state index >= 15 is 0 Å². The molecule has 0 atom stereocenters. The first-order valence-electron chi connectivity index (χ1n) is 9.70. The lowest BCUT2D eigenvalue weighted by molar-refractivity contribution is -0.384. The molecule has 160 valence electrons. The number of aromatic nitrogens is 3. The molecule has 0 saturated carbocycles. The van der Waals surface area contributed by atoms with Crippen LogP contribution in [0.25, 0.3) is 5.69 Å². The highest BCUT2D eigenvalue weighted by Gasteiger charge is 2.16. The van der Waals surface area contributed by atoms with Gasteiger partial charge in [0.1, 0.15) is 5.69 Å². The van der Waals surface area contributed by atoms with Gasteiger partial charge in [-0.25, -0.2) is 10.1 Å². The van der Waals surface area contributed by atoms with Crippen molar-refractivity contribution in [3.05, 3.63) is 81.2 Å². The fourth-order valence-electron chi connectivity index (χ4n) is 3.02. The van der Waals surface area contributed by atoms with Gasteiger partial charge in [0.25, 0.3) is 11.6 Å². The SMILES string of the molecule is C/C(=N/NC(=O)c1ccc(C(C)(C)C)cc1)c1nnn(-c2cccc([N+](=O)[O-])c2)c1C. The highest BCUT2D eigenvalue weighted by atomic mass is 16.6. The molecule has 9 heteroatoms. The zero-order valence-corrected chi connectivity index (χ0v) is 18.1. The lowest BCUT2D eigenvalue weighted by atomic mass is 9.87. The smallest absolute Gasteiger partial charge is 0.267 e. The minimum atomic E-state index is -0.465. The molecular weight excluding hydrogens is 396 g/mol. The summed E-state index contributed by atoms with van der Waals surface area (Å²) in [5, 5.41) is 23.4. The summed E-state index contributed by atoms with van der Waals surface area (Å²) in [5.41, 5.74) is 6.25. The Balaban J connectivity index is 1.77. The molecule has 3 rings (SSSR count). The normalized spacial score (nSPS) is 12.0. The quantitative estimate of drug-likeness (QED) is 0.381. The highest BCUT2D eigenvalue weighted by Crippen LogP contribution is 2.22. The number of nitrogens with one attached hydrogen (secondary N) is 1. The van der Waals surface area contributed by atoms with Crippen LogP contribution < -0.4 is 5.43 Å². The highest BCUT2D eigenvalue weighted by molar-refractivity contribution is 6.00. The third kappa shape index (κ3) is 4.82. The van der Waals surface area contributed by atoms with E-state index in [2.05, 4.69) is 41.6 Å². The van der Waals surface area contributed by atoms with Crippen molar-refractivity contribution in [3.8, 4) is 5.69 Å². The molecule has 1 amide bonds. The van der Waals surface area contributed by atoms with Crippen molar-refractivity contribution in [2.45, 2.75) is 40.0 Å². The van der Waals surface area contributed by atoms with Gasteiger partial charge in [-0.2, -0.15) is 5.10 Å². The van der Waals surface area contributed by atoms with Gasteiger partial charge in [0.15, 0.2) is 0 Å². The zero-order chi connectivity index (χ0) is 22.8. The van der Waals surface area contributed by atoms with Gasteiger partial charge in [0.2, 0.25) is 0 Å². The molecule has 0 spiro atoms. The number of benzene rings is 2. The fraction of sp³-hybridized carbons (Fsp3) is 0.273. The van der Waals surface area contributed by atoms with Crippen molar-refractivity contribution < 1.29 is 9.72 Å². The number of amides is 1. The van der Waals surface area contributed by atoms with Gasteiger partial charge in [0.05, 0.1) is 22.0 Å². The Morgan fingerprint density at radius 3 is 2.45 bits per heavy atom. The summed E-state index contributed by atoms with van der Waals surface area (Å²) in [6, 6.07) is 13.5. The Morgan fingerprint density at radius 2 is 1.84 bits per heavy atom. The van der Waals surface area contributed by atoms with Crippen molar-refractivity contribution >= 4 is 17.3 Å². The standard InChI is InChI=1S/C22H24N6O3/c1-14(23-25-21(29)16-9-11-17(12-10-16)22(3,4)5)20-15(2)27(26-24-20)18-7-6-8-19(13-18)28(30)31/h6-13H,1-5H3,(H,25,29)/b23-14-. The fourth-order valence-corrected chi connectivity index (χ4v) is 3.02. The maximum absolute atomic E-state index is 12.4. The minimum Gasteiger partial charge on any atom is -0.267 e. The molecule has 0 aliphatic heterocycles. The van der Waals surface area contributed by atoms with Gasteiger partial charge < -0.3 is 0 Å². The van der Waals surface area contributed by atoms with Crippen LogP contribution in [0.2, 0.25) is 0 Å². The van der Waals surface area contributed by atoms with E-state index in [1.807, 2.05) is 12.1 Å². The molecule has 2 aromatic carbocycles. The zero-order valence-electron chi connectivity index (χ0n) is 18.1. The van der Waals surface area contributed by atoms with Crippen LogP contribution in [-0.4, -0.2) is 31.5 Å². The van der Waals surface area contributed by atoms with Crippen LogP contribution in [0, 0.1) is 17.0 Å². The summed E-state index contributed by atoms with van der Waals surface area (Å²) < 4.78 is 1.49. The molecule has 0 aliphatic rings. The average molecular weight is 420 g/mol. The molecule has 0 unspecified atom stereocenters. The summed E-state index contributed by atoms with van der Waals surface area (Å²) in [5.74, 6) is -0.330. The number of nitro groups is 1. The number of rotatable bonds is 5. The average Bonchev–Trinajstić information content (AvgIpc) is 3.12. The number of carbonyl (C=O) groups excluding carboxylic acids is 1. The van der Waals surface area contributed by atoms with Crippen LogP contribution in [-0.2, 0) is 5.41 Å². The number of non-ortho nitro benzene ring substituents is 1. The van der Waals surface area contributed by atoms with Crippen molar-refractivity contribution in [2.75, 3.05) is 0 Å². The first-order chi connectivity index (χ1) is 14.6. The molecule has 1 aromatic heterocycles. The lowest BCUT2D eigenvalue weighted by Gasteiger charge is -2.18. The molecular formula is C22H24N6O3. The lowest BCUT2D eigenvalue weighted by Crippen LogP contribution is -2.20. The maximum atomic E-state index is 12.4. The monoisotopic (exact) mass is 420 g/mol. The predicted octanol–water partition coefficient (Wildman–Crippen LogP) is 3.94. The summed E-state index contributed by atoms with van der Waals surface area (Å²) >= 11 is 0. The van der Waals surface area contributed by atoms with Crippen molar-refractivity contribution in [1.82, 2.24) is 20.4 Å². The van der Waals surface area contributed by atoms with E-state index in [1.165, 1.54) is 16.8 Å². The van der Waals surface area contributed by atoms with Crippen LogP contribution in [0.15, 0.2) is 53.6 Å². The minimum absolute atomic E-state index is 0.00623. The van der Waals surface area contributed by atoms with Crippen molar-refractivity contribution in [2.24, 2.45) is 5.10 Å². The molecule has 1 N–H and O–H groups in total. The largest absolute Gasteiger partial charge is 0.271 e. The topological polar surface area (TPSA) is 115 Å². The molecule has 9 nitrogen and oxygen atoms in total. The van der Waals surface area contributed by atoms with E-state index in [9.17, 15) is 14.9 Å². The van der Waals surface area contributed by atoms with E-state index in [1.54, 1.807) is 38.1 Å². The molecule has 31 heavy (non-hydrogen) atoms. The molecule has 1 heterocycles. The third-order valence-corrected chi connectivity index (χ3v) is 4.86. The van der Waals surface area contributed by atoms with Gasteiger partial charge in [0, 0.05) is 17.7 Å². The number of nitrogens with zero attached hydrogens (tertiary/aromatic N) is 5. The van der Waals surface area contributed by atoms with Crippen LogP contribution in [0.4, 0.5) is 5.69 Å². The van der Waals surface area contributed by atoms with Crippen molar-refractivity contribution in [3.63, 3.8) is 0 Å². The molecule has 0 saturated heterocycles. The number of hydrogen-bond acceptors (Lipinski definition) is 6. The van der Waals surface area contributed by atoms with Crippen LogP contribution in [0.5, 0.6) is 0 Å². The Labute approximate surface area is 179 Å². The van der Waals surface area contributed by atoms with Gasteiger partial charge >= 0.3 is 0 Å². The van der Waals surface area contributed by atoms with Crippen molar-refractivity contribution in [1.29, 1.82) is 0 Å². The Bertz CT molecular complexity index is 1160. The summed E-state index contributed by atoms with van der Waals surface area (Å²) in [6.45, 7) is 9.81. The second-order valence-corrected chi connectivity index (χ2v) is 8.18. The molecule has 0 bridgehead atoms. The van der Waals surface area contributed by atoms with Gasteiger partial charge in [-0.1, -0.05) is 44.2 Å². The van der Waals surface area contributed by atoms with Gasteiger partial charge in [-0.05, 0) is 43.0 Å². The van der Waals surface area contributed by atoms with Gasteiger partial charge in [-0.15, -0.1) is 5.10 Å². The Morgan fingerprint density at radius 1 is 1.16 bits per heavy atom. The molecule has 0 fully saturated rings. The van der Waals surface area contributed by atoms with E-state index < -0.39 is 4.92 Å². The first kappa shape index (κ1) is 21.8. The summed E-state index contributed by atoms with van der Waals surface area (Å²) in [4.78, 5) is 23.0. The maximum Gasteiger partial charge on any atom is 0.271 e. The number of hydrazone groups is 1. The Hall–Kier alpha value is -3.88. The Kier molecular flexibility index (Phi) is 5.96. The first-order valence-corrected chi connectivity index (χ1v) is 9.70. The molecule has 3 aromatic rings. The summed E-state index contributed by atoms with van der Waals surface area (Å²) in [6.07, 6.45) is 0. The number of hydrogen-bond donors (Lipinski definition) is 1. The van der Waals surface area contributed by atoms with E-state index in [4.69, 9.17) is 0 Å².